The van der Waals surface area contributed by atoms with E-state index >= 15 is 0 Å². The summed E-state index contributed by atoms with van der Waals surface area (Å²) in [6, 6.07) is 8.68. The summed E-state index contributed by atoms with van der Waals surface area (Å²) in [7, 11) is 1.79. The Morgan fingerprint density at radius 2 is 1.95 bits per heavy atom. The predicted molar refractivity (Wildman–Crippen MR) is 76.3 cm³/mol. The average molecular weight is 272 g/mol. The van der Waals surface area contributed by atoms with Gasteiger partial charge in [0.2, 0.25) is 0 Å². The van der Waals surface area contributed by atoms with Crippen molar-refractivity contribution in [3.8, 4) is 0 Å². The molecule has 0 radical (unpaired) electrons. The van der Waals surface area contributed by atoms with Crippen molar-refractivity contribution in [1.82, 2.24) is 0 Å². The molecule has 2 aliphatic carbocycles. The number of ether oxygens (including phenoxy) is 3. The Hall–Kier alpha value is -1.16. The standard InChI is InChI=1S/C17H20O3/c1-18-12-16-6-7-17(19-8-9-20-17)11-15(16)14-5-3-2-4-13(14)10-16/h2-5,11H,6-10,12H2,1H3/t16-/m1/s1. The van der Waals surface area contributed by atoms with Crippen LogP contribution in [0.25, 0.3) is 5.57 Å². The van der Waals surface area contributed by atoms with Crippen LogP contribution < -0.4 is 0 Å². The van der Waals surface area contributed by atoms with Crippen molar-refractivity contribution in [2.75, 3.05) is 26.9 Å². The maximum absolute atomic E-state index is 5.89. The minimum absolute atomic E-state index is 0.110. The van der Waals surface area contributed by atoms with Crippen molar-refractivity contribution in [2.24, 2.45) is 5.41 Å². The van der Waals surface area contributed by atoms with Crippen LogP contribution >= 0.6 is 0 Å². The number of methoxy groups -OCH3 is 1. The van der Waals surface area contributed by atoms with Crippen LogP contribution in [0.3, 0.4) is 0 Å². The zero-order valence-corrected chi connectivity index (χ0v) is 11.9. The third-order valence-electron chi connectivity index (χ3n) is 4.92. The molecule has 1 aliphatic heterocycles. The van der Waals surface area contributed by atoms with Gasteiger partial charge in [-0.2, -0.15) is 0 Å². The maximum Gasteiger partial charge on any atom is 0.188 e. The molecule has 4 rings (SSSR count). The smallest absolute Gasteiger partial charge is 0.188 e. The minimum Gasteiger partial charge on any atom is -0.384 e. The Morgan fingerprint density at radius 1 is 1.15 bits per heavy atom. The molecule has 1 aromatic carbocycles. The minimum atomic E-state index is -0.482. The molecular weight excluding hydrogens is 252 g/mol. The fourth-order valence-electron chi connectivity index (χ4n) is 4.02. The highest BCUT2D eigenvalue weighted by Gasteiger charge is 2.50. The van der Waals surface area contributed by atoms with E-state index < -0.39 is 5.79 Å². The van der Waals surface area contributed by atoms with E-state index in [1.165, 1.54) is 16.7 Å². The fraction of sp³-hybridized carbons (Fsp3) is 0.529. The first-order valence-electron chi connectivity index (χ1n) is 7.35. The highest BCUT2D eigenvalue weighted by molar-refractivity contribution is 5.79. The Bertz CT molecular complexity index is 557. The van der Waals surface area contributed by atoms with Crippen molar-refractivity contribution in [3.63, 3.8) is 0 Å². The zero-order valence-electron chi connectivity index (χ0n) is 11.9. The molecule has 0 unspecified atom stereocenters. The molecule has 0 bridgehead atoms. The summed E-state index contributed by atoms with van der Waals surface area (Å²) in [6.07, 6.45) is 5.28. The zero-order chi connectivity index (χ0) is 13.6. The van der Waals surface area contributed by atoms with Gasteiger partial charge in [-0.25, -0.2) is 0 Å². The van der Waals surface area contributed by atoms with Crippen LogP contribution in [0.4, 0.5) is 0 Å². The van der Waals surface area contributed by atoms with Gasteiger partial charge in [-0.1, -0.05) is 24.3 Å². The van der Waals surface area contributed by atoms with Crippen molar-refractivity contribution in [3.05, 3.63) is 41.5 Å². The van der Waals surface area contributed by atoms with E-state index in [1.54, 1.807) is 7.11 Å². The molecule has 3 heteroatoms. The molecule has 1 aromatic rings. The van der Waals surface area contributed by atoms with E-state index in [2.05, 4.69) is 30.3 Å². The molecule has 1 fully saturated rings. The van der Waals surface area contributed by atoms with Crippen LogP contribution in [-0.4, -0.2) is 32.7 Å². The van der Waals surface area contributed by atoms with Crippen LogP contribution in [0.1, 0.15) is 24.0 Å². The quantitative estimate of drug-likeness (QED) is 0.828. The normalized spacial score (nSPS) is 30.1. The number of hydrogen-bond acceptors (Lipinski definition) is 3. The number of benzene rings is 1. The predicted octanol–water partition coefficient (Wildman–Crippen LogP) is 2.80. The van der Waals surface area contributed by atoms with Gasteiger partial charge in [0.1, 0.15) is 0 Å². The molecule has 0 amide bonds. The third-order valence-corrected chi connectivity index (χ3v) is 4.92. The molecule has 1 atom stereocenters. The fourth-order valence-corrected chi connectivity index (χ4v) is 4.02. The average Bonchev–Trinajstić information content (AvgIpc) is 3.03. The monoisotopic (exact) mass is 272 g/mol. The largest absolute Gasteiger partial charge is 0.384 e. The molecule has 20 heavy (non-hydrogen) atoms. The highest BCUT2D eigenvalue weighted by atomic mass is 16.7. The summed E-state index contributed by atoms with van der Waals surface area (Å²) in [6.45, 7) is 2.16. The summed E-state index contributed by atoms with van der Waals surface area (Å²) in [4.78, 5) is 0. The lowest BCUT2D eigenvalue weighted by Gasteiger charge is -2.39. The second-order valence-corrected chi connectivity index (χ2v) is 6.11. The second-order valence-electron chi connectivity index (χ2n) is 6.11. The van der Waals surface area contributed by atoms with Gasteiger partial charge < -0.3 is 14.2 Å². The number of rotatable bonds is 2. The lowest BCUT2D eigenvalue weighted by Crippen LogP contribution is -2.39. The van der Waals surface area contributed by atoms with Crippen LogP contribution in [0.2, 0.25) is 0 Å². The Balaban J connectivity index is 1.83. The lowest BCUT2D eigenvalue weighted by atomic mass is 9.72. The van der Waals surface area contributed by atoms with E-state index in [-0.39, 0.29) is 5.41 Å². The van der Waals surface area contributed by atoms with E-state index in [1.807, 2.05) is 0 Å². The molecular formula is C17H20O3. The highest BCUT2D eigenvalue weighted by Crippen LogP contribution is 2.55. The van der Waals surface area contributed by atoms with Crippen molar-refractivity contribution >= 4 is 5.57 Å². The molecule has 106 valence electrons. The first kappa shape index (κ1) is 12.6. The molecule has 1 heterocycles. The summed E-state index contributed by atoms with van der Waals surface area (Å²) < 4.78 is 17.3. The van der Waals surface area contributed by atoms with Gasteiger partial charge in [0.05, 0.1) is 19.8 Å². The topological polar surface area (TPSA) is 27.7 Å². The molecule has 1 spiro atoms. The van der Waals surface area contributed by atoms with E-state index in [0.717, 1.165) is 25.9 Å². The van der Waals surface area contributed by atoms with Crippen molar-refractivity contribution in [1.29, 1.82) is 0 Å². The van der Waals surface area contributed by atoms with Gasteiger partial charge in [-0.15, -0.1) is 0 Å². The van der Waals surface area contributed by atoms with E-state index in [4.69, 9.17) is 14.2 Å². The van der Waals surface area contributed by atoms with E-state index in [9.17, 15) is 0 Å². The maximum atomic E-state index is 5.89. The molecule has 1 saturated heterocycles. The van der Waals surface area contributed by atoms with Crippen molar-refractivity contribution in [2.45, 2.75) is 25.0 Å². The van der Waals surface area contributed by atoms with Gasteiger partial charge in [0.25, 0.3) is 0 Å². The molecule has 0 saturated carbocycles. The molecule has 3 aliphatic rings. The van der Waals surface area contributed by atoms with Crippen LogP contribution in [0.15, 0.2) is 30.3 Å². The van der Waals surface area contributed by atoms with Gasteiger partial charge in [-0.05, 0) is 35.6 Å². The Labute approximate surface area is 119 Å². The van der Waals surface area contributed by atoms with Crippen molar-refractivity contribution < 1.29 is 14.2 Å². The first-order chi connectivity index (χ1) is 9.77. The number of hydrogen-bond donors (Lipinski definition) is 0. The third kappa shape index (κ3) is 1.70. The summed E-state index contributed by atoms with van der Waals surface area (Å²) in [5.41, 5.74) is 4.25. The SMILES string of the molecule is COC[C@]12CCC3(C=C1c1ccccc1C2)OCCO3. The summed E-state index contributed by atoms with van der Waals surface area (Å²) in [5, 5.41) is 0. The summed E-state index contributed by atoms with van der Waals surface area (Å²) in [5.74, 6) is -0.482. The van der Waals surface area contributed by atoms with Gasteiger partial charge in [0, 0.05) is 18.9 Å². The van der Waals surface area contributed by atoms with Gasteiger partial charge in [-0.3, -0.25) is 0 Å². The summed E-state index contributed by atoms with van der Waals surface area (Å²) >= 11 is 0. The van der Waals surface area contributed by atoms with E-state index in [0.29, 0.717) is 13.2 Å². The first-order valence-corrected chi connectivity index (χ1v) is 7.35. The lowest BCUT2D eigenvalue weighted by molar-refractivity contribution is -0.131. The number of fused-ring (bicyclic) bond motifs is 3. The molecule has 0 aromatic heterocycles. The van der Waals surface area contributed by atoms with Gasteiger partial charge >= 0.3 is 0 Å². The molecule has 0 N–H and O–H groups in total. The molecule has 3 nitrogen and oxygen atoms in total. The van der Waals surface area contributed by atoms with Gasteiger partial charge in [0.15, 0.2) is 5.79 Å². The van der Waals surface area contributed by atoms with Crippen LogP contribution in [-0.2, 0) is 20.6 Å². The van der Waals surface area contributed by atoms with Crippen LogP contribution in [0, 0.1) is 5.41 Å². The Morgan fingerprint density at radius 3 is 2.75 bits per heavy atom. The Kier molecular flexibility index (Phi) is 2.78. The van der Waals surface area contributed by atoms with Crippen LogP contribution in [0.5, 0.6) is 0 Å². The second kappa shape index (κ2) is 4.42.